The summed E-state index contributed by atoms with van der Waals surface area (Å²) in [6.45, 7) is 5.85. The van der Waals surface area contributed by atoms with Gasteiger partial charge in [0.25, 0.3) is 0 Å². The summed E-state index contributed by atoms with van der Waals surface area (Å²) in [5.41, 5.74) is 2.58. The zero-order chi connectivity index (χ0) is 12.7. The Kier molecular flexibility index (Phi) is 5.95. The van der Waals surface area contributed by atoms with Gasteiger partial charge in [-0.25, -0.2) is 0 Å². The van der Waals surface area contributed by atoms with Gasteiger partial charge in [-0.2, -0.15) is 0 Å². The molecule has 0 heterocycles. The van der Waals surface area contributed by atoms with Crippen molar-refractivity contribution >= 4 is 6.08 Å². The van der Waals surface area contributed by atoms with Gasteiger partial charge in [-0.05, 0) is 32.9 Å². The summed E-state index contributed by atoms with van der Waals surface area (Å²) in [5, 5.41) is 9.23. The quantitative estimate of drug-likeness (QED) is 0.816. The summed E-state index contributed by atoms with van der Waals surface area (Å²) in [6.07, 6.45) is 2.82. The van der Waals surface area contributed by atoms with E-state index in [1.807, 2.05) is 13.0 Å². The van der Waals surface area contributed by atoms with Gasteiger partial charge in [-0.15, -0.1) is 0 Å². The van der Waals surface area contributed by atoms with Crippen LogP contribution in [0.25, 0.3) is 6.08 Å². The van der Waals surface area contributed by atoms with Gasteiger partial charge in [-0.3, -0.25) is 0 Å². The molecule has 0 amide bonds. The molecule has 0 aliphatic heterocycles. The molecule has 0 fully saturated rings. The van der Waals surface area contributed by atoms with E-state index in [0.29, 0.717) is 0 Å². The number of aliphatic hydroxyl groups is 1. The lowest BCUT2D eigenvalue weighted by Crippen LogP contribution is -2.24. The second kappa shape index (κ2) is 7.25. The van der Waals surface area contributed by atoms with Crippen molar-refractivity contribution in [2.24, 2.45) is 0 Å². The SMILES string of the molecule is C/C(=C\c1ccccc1)CN(C)CCC(C)O. The number of nitrogens with zero attached hydrogens (tertiary/aromatic N) is 1. The zero-order valence-electron chi connectivity index (χ0n) is 11.1. The predicted molar refractivity (Wildman–Crippen MR) is 73.9 cm³/mol. The Bertz CT molecular complexity index is 343. The van der Waals surface area contributed by atoms with Crippen molar-refractivity contribution in [2.75, 3.05) is 20.1 Å². The lowest BCUT2D eigenvalue weighted by atomic mass is 10.1. The van der Waals surface area contributed by atoms with Gasteiger partial charge in [0, 0.05) is 13.1 Å². The predicted octanol–water partition coefficient (Wildman–Crippen LogP) is 2.79. The zero-order valence-corrected chi connectivity index (χ0v) is 11.1. The van der Waals surface area contributed by atoms with Crippen LogP contribution in [0.2, 0.25) is 0 Å². The Labute approximate surface area is 105 Å². The number of aliphatic hydroxyl groups excluding tert-OH is 1. The average Bonchev–Trinajstić information content (AvgIpc) is 2.27. The van der Waals surface area contributed by atoms with Crippen LogP contribution in [0.15, 0.2) is 35.9 Å². The van der Waals surface area contributed by atoms with Gasteiger partial charge in [0.05, 0.1) is 6.10 Å². The Morgan fingerprint density at radius 2 is 2.00 bits per heavy atom. The molecule has 0 aromatic heterocycles. The Balaban J connectivity index is 2.43. The van der Waals surface area contributed by atoms with Crippen molar-refractivity contribution in [3.8, 4) is 0 Å². The van der Waals surface area contributed by atoms with Crippen molar-refractivity contribution in [1.29, 1.82) is 0 Å². The molecule has 1 aromatic rings. The molecule has 0 aliphatic rings. The van der Waals surface area contributed by atoms with E-state index in [0.717, 1.165) is 19.5 Å². The van der Waals surface area contributed by atoms with Crippen LogP contribution in [-0.4, -0.2) is 36.2 Å². The van der Waals surface area contributed by atoms with Crippen molar-refractivity contribution < 1.29 is 5.11 Å². The van der Waals surface area contributed by atoms with Crippen molar-refractivity contribution in [3.05, 3.63) is 41.5 Å². The van der Waals surface area contributed by atoms with Crippen LogP contribution in [0.4, 0.5) is 0 Å². The van der Waals surface area contributed by atoms with Gasteiger partial charge >= 0.3 is 0 Å². The Morgan fingerprint density at radius 3 is 2.59 bits per heavy atom. The fourth-order valence-corrected chi connectivity index (χ4v) is 1.79. The first kappa shape index (κ1) is 13.9. The highest BCUT2D eigenvalue weighted by Gasteiger charge is 2.02. The molecule has 1 atom stereocenters. The molecule has 2 heteroatoms. The molecule has 0 spiro atoms. The van der Waals surface area contributed by atoms with E-state index in [1.165, 1.54) is 11.1 Å². The molecule has 1 unspecified atom stereocenters. The van der Waals surface area contributed by atoms with Gasteiger partial charge < -0.3 is 10.0 Å². The molecular weight excluding hydrogens is 210 g/mol. The summed E-state index contributed by atoms with van der Waals surface area (Å²) in [7, 11) is 2.09. The standard InChI is InChI=1S/C15H23NO/c1-13(11-15-7-5-4-6-8-15)12-16(3)10-9-14(2)17/h4-8,11,14,17H,9-10,12H2,1-3H3/b13-11+. The summed E-state index contributed by atoms with van der Waals surface area (Å²) in [5.74, 6) is 0. The number of hydrogen-bond donors (Lipinski definition) is 1. The second-order valence-corrected chi connectivity index (χ2v) is 4.78. The smallest absolute Gasteiger partial charge is 0.0524 e. The maximum Gasteiger partial charge on any atom is 0.0524 e. The van der Waals surface area contributed by atoms with E-state index in [-0.39, 0.29) is 6.10 Å². The van der Waals surface area contributed by atoms with Crippen LogP contribution in [0, 0.1) is 0 Å². The van der Waals surface area contributed by atoms with Crippen LogP contribution in [-0.2, 0) is 0 Å². The molecule has 2 nitrogen and oxygen atoms in total. The summed E-state index contributed by atoms with van der Waals surface area (Å²) in [6, 6.07) is 10.4. The van der Waals surface area contributed by atoms with E-state index in [4.69, 9.17) is 0 Å². The molecule has 0 saturated carbocycles. The number of likely N-dealkylation sites (N-methyl/N-ethyl adjacent to an activating group) is 1. The van der Waals surface area contributed by atoms with E-state index in [1.54, 1.807) is 0 Å². The van der Waals surface area contributed by atoms with Crippen molar-refractivity contribution in [3.63, 3.8) is 0 Å². The molecule has 1 aromatic carbocycles. The van der Waals surface area contributed by atoms with Gasteiger partial charge in [-0.1, -0.05) is 42.0 Å². The molecule has 94 valence electrons. The maximum atomic E-state index is 9.23. The van der Waals surface area contributed by atoms with Gasteiger partial charge in [0.15, 0.2) is 0 Å². The lowest BCUT2D eigenvalue weighted by molar-refractivity contribution is 0.167. The lowest BCUT2D eigenvalue weighted by Gasteiger charge is -2.17. The maximum absolute atomic E-state index is 9.23. The third-order valence-corrected chi connectivity index (χ3v) is 2.66. The first-order valence-electron chi connectivity index (χ1n) is 6.17. The van der Waals surface area contributed by atoms with Gasteiger partial charge in [0.1, 0.15) is 0 Å². The second-order valence-electron chi connectivity index (χ2n) is 4.78. The van der Waals surface area contributed by atoms with Crippen LogP contribution in [0.1, 0.15) is 25.8 Å². The summed E-state index contributed by atoms with van der Waals surface area (Å²) < 4.78 is 0. The molecule has 0 aliphatic carbocycles. The number of rotatable bonds is 6. The normalized spacial score (nSPS) is 14.1. The molecule has 1 rings (SSSR count). The van der Waals surface area contributed by atoms with E-state index >= 15 is 0 Å². The third-order valence-electron chi connectivity index (χ3n) is 2.66. The first-order valence-corrected chi connectivity index (χ1v) is 6.17. The van der Waals surface area contributed by atoms with Gasteiger partial charge in [0.2, 0.25) is 0 Å². The third kappa shape index (κ3) is 6.25. The summed E-state index contributed by atoms with van der Waals surface area (Å²) >= 11 is 0. The van der Waals surface area contributed by atoms with E-state index < -0.39 is 0 Å². The highest BCUT2D eigenvalue weighted by molar-refractivity contribution is 5.52. The fourth-order valence-electron chi connectivity index (χ4n) is 1.79. The highest BCUT2D eigenvalue weighted by Crippen LogP contribution is 2.07. The van der Waals surface area contributed by atoms with Crippen molar-refractivity contribution in [1.82, 2.24) is 4.90 Å². The van der Waals surface area contributed by atoms with Crippen LogP contribution in [0.3, 0.4) is 0 Å². The van der Waals surface area contributed by atoms with E-state index in [9.17, 15) is 5.11 Å². The molecule has 0 saturated heterocycles. The monoisotopic (exact) mass is 233 g/mol. The Morgan fingerprint density at radius 1 is 1.35 bits per heavy atom. The number of hydrogen-bond acceptors (Lipinski definition) is 2. The highest BCUT2D eigenvalue weighted by atomic mass is 16.3. The molecule has 17 heavy (non-hydrogen) atoms. The Hall–Kier alpha value is -1.12. The fraction of sp³-hybridized carbons (Fsp3) is 0.467. The largest absolute Gasteiger partial charge is 0.393 e. The molecule has 0 radical (unpaired) electrons. The topological polar surface area (TPSA) is 23.5 Å². The van der Waals surface area contributed by atoms with E-state index in [2.05, 4.69) is 49.2 Å². The van der Waals surface area contributed by atoms with Crippen LogP contribution >= 0.6 is 0 Å². The summed E-state index contributed by atoms with van der Waals surface area (Å²) in [4.78, 5) is 2.24. The minimum Gasteiger partial charge on any atom is -0.393 e. The minimum atomic E-state index is -0.212. The van der Waals surface area contributed by atoms with Crippen LogP contribution < -0.4 is 0 Å². The number of benzene rings is 1. The van der Waals surface area contributed by atoms with Crippen molar-refractivity contribution in [2.45, 2.75) is 26.4 Å². The molecular formula is C15H23NO. The molecule has 1 N–H and O–H groups in total. The van der Waals surface area contributed by atoms with Crippen LogP contribution in [0.5, 0.6) is 0 Å². The average molecular weight is 233 g/mol. The minimum absolute atomic E-state index is 0.212. The molecule has 0 bridgehead atoms. The first-order chi connectivity index (χ1) is 8.08.